The van der Waals surface area contributed by atoms with Gasteiger partial charge in [0.05, 0.1) is 22.3 Å². The first-order chi connectivity index (χ1) is 21.7. The van der Waals surface area contributed by atoms with Crippen molar-refractivity contribution in [3.8, 4) is 22.0 Å². The van der Waals surface area contributed by atoms with Crippen molar-refractivity contribution in [3.05, 3.63) is 71.4 Å². The number of aliphatic hydroxyl groups excluding tert-OH is 1. The van der Waals surface area contributed by atoms with Crippen LogP contribution in [-0.2, 0) is 24.9 Å². The van der Waals surface area contributed by atoms with Crippen LogP contribution in [-0.4, -0.2) is 31.1 Å². The van der Waals surface area contributed by atoms with Crippen molar-refractivity contribution in [2.24, 2.45) is 35.5 Å². The predicted octanol–water partition coefficient (Wildman–Crippen LogP) is 9.70. The van der Waals surface area contributed by atoms with Crippen LogP contribution >= 0.6 is 11.3 Å². The van der Waals surface area contributed by atoms with E-state index in [0.29, 0.717) is 23.7 Å². The summed E-state index contributed by atoms with van der Waals surface area (Å²) >= 11 is 1.65. The number of pyridine rings is 1. The number of nitrogens with zero attached hydrogens (tertiary/aromatic N) is 5. The summed E-state index contributed by atoms with van der Waals surface area (Å²) in [7, 11) is 0. The molecule has 0 fully saturated rings. The number of hydrogen-bond acceptors (Lipinski definition) is 7. The molecule has 0 aliphatic heterocycles. The Bertz CT molecular complexity index is 1780. The van der Waals surface area contributed by atoms with E-state index >= 15 is 0 Å². The van der Waals surface area contributed by atoms with E-state index in [1.165, 1.54) is 28.3 Å². The van der Waals surface area contributed by atoms with Crippen molar-refractivity contribution in [2.45, 2.75) is 76.2 Å². The fraction of sp³-hybridized carbons (Fsp3) is 0.447. The van der Waals surface area contributed by atoms with Gasteiger partial charge < -0.3 is 10.1 Å². The topological polar surface area (TPSA) is 103 Å². The molecule has 5 rings (SSSR count). The maximum atomic E-state index is 12.3. The van der Waals surface area contributed by atoms with Crippen LogP contribution in [0.1, 0.15) is 72.1 Å². The number of carbonyl (C=O) groups is 1. The smallest absolute Gasteiger partial charge is 0.162 e. The van der Waals surface area contributed by atoms with Crippen molar-refractivity contribution in [1.82, 2.24) is 25.1 Å². The molecule has 0 spiro atoms. The fourth-order valence-electron chi connectivity index (χ4n) is 6.83. The van der Waals surface area contributed by atoms with E-state index in [2.05, 4.69) is 108 Å². The molecule has 0 amide bonds. The number of aliphatic hydroxyl groups is 1. The molecule has 0 saturated heterocycles. The Morgan fingerprint density at radius 1 is 0.872 bits per heavy atom. The largest absolute Gasteiger partial charge is 0.654 e. The van der Waals surface area contributed by atoms with Crippen LogP contribution in [0.4, 0.5) is 0 Å². The Labute approximate surface area is 297 Å². The van der Waals surface area contributed by atoms with Gasteiger partial charge in [-0.05, 0) is 67.0 Å². The van der Waals surface area contributed by atoms with E-state index < -0.39 is 0 Å². The zero-order chi connectivity index (χ0) is 33.9. The van der Waals surface area contributed by atoms with Gasteiger partial charge in [-0.1, -0.05) is 79.2 Å². The minimum absolute atomic E-state index is 0. The van der Waals surface area contributed by atoms with Gasteiger partial charge in [0.1, 0.15) is 10.5 Å². The predicted molar refractivity (Wildman–Crippen MR) is 191 cm³/mol. The molecule has 4 heterocycles. The number of rotatable bonds is 9. The van der Waals surface area contributed by atoms with Gasteiger partial charge in [0.15, 0.2) is 5.78 Å². The first-order valence-electron chi connectivity index (χ1n) is 16.2. The molecule has 1 radical (unpaired) electrons. The normalized spacial score (nSPS) is 12.1. The van der Waals surface area contributed by atoms with Crippen molar-refractivity contribution < 1.29 is 30.0 Å². The molecular formula is C38H48IrN5O2S-. The SMILES string of the molecule is CC(C)C(C(=O)/C=C(\O)C(C(C)C)C(C)C)C(C)C.Cc1cc(C)c(-c2nc3cnnc(-c4cc5ccncc5[n-]4)c3s2)c(C)c1.[Ir]. The minimum atomic E-state index is -0.0119. The Morgan fingerprint density at radius 3 is 2.02 bits per heavy atom. The third kappa shape index (κ3) is 8.81. The number of ketones is 1. The van der Waals surface area contributed by atoms with Gasteiger partial charge in [-0.15, -0.1) is 22.5 Å². The molecule has 5 aromatic rings. The standard InChI is InChI=1S/C21H16N5S.C17H32O2.Ir/c1-11-6-12(2)18(13(3)7-11)21-25-17-10-23-26-19(20(17)27-21)15-8-14-4-5-22-9-16(14)24-15;1-10(2)16(11(3)4)14(18)9-15(19)17(12(5)6)13(7)8;/h4-10H,1-3H3;9-13,16-18H,1-8H3;/q-1;;/b;14-9-;. The fourth-order valence-corrected chi connectivity index (χ4v) is 8.03. The van der Waals surface area contributed by atoms with Crippen LogP contribution in [0.25, 0.3) is 43.1 Å². The molecule has 1 aromatic carbocycles. The molecule has 253 valence electrons. The van der Waals surface area contributed by atoms with Gasteiger partial charge in [0.25, 0.3) is 0 Å². The van der Waals surface area contributed by atoms with E-state index in [-0.39, 0.29) is 43.5 Å². The average Bonchev–Trinajstić information content (AvgIpc) is 3.56. The zero-order valence-corrected chi connectivity index (χ0v) is 32.6. The van der Waals surface area contributed by atoms with E-state index in [1.54, 1.807) is 29.9 Å². The number of fused-ring (bicyclic) bond motifs is 2. The Hall–Kier alpha value is -3.26. The van der Waals surface area contributed by atoms with Crippen LogP contribution in [0.3, 0.4) is 0 Å². The number of allylic oxidation sites excluding steroid dienone is 2. The number of hydrogen-bond donors (Lipinski definition) is 1. The second-order valence-electron chi connectivity index (χ2n) is 13.8. The van der Waals surface area contributed by atoms with Crippen molar-refractivity contribution >= 4 is 38.2 Å². The zero-order valence-electron chi connectivity index (χ0n) is 29.4. The van der Waals surface area contributed by atoms with Gasteiger partial charge in [-0.3, -0.25) is 9.78 Å². The van der Waals surface area contributed by atoms with Crippen molar-refractivity contribution in [1.29, 1.82) is 0 Å². The van der Waals surface area contributed by atoms with Gasteiger partial charge in [-0.2, -0.15) is 10.2 Å². The molecule has 0 bridgehead atoms. The summed E-state index contributed by atoms with van der Waals surface area (Å²) < 4.78 is 1.01. The molecule has 0 aliphatic carbocycles. The molecular weight excluding hydrogens is 783 g/mol. The Balaban J connectivity index is 0.000000269. The number of carbonyl (C=O) groups excluding carboxylic acids is 1. The van der Waals surface area contributed by atoms with E-state index in [4.69, 9.17) is 4.98 Å². The minimum Gasteiger partial charge on any atom is -0.654 e. The quantitative estimate of drug-likeness (QED) is 0.117. The number of aromatic nitrogens is 5. The van der Waals surface area contributed by atoms with E-state index in [9.17, 15) is 9.90 Å². The van der Waals surface area contributed by atoms with Crippen molar-refractivity contribution in [2.75, 3.05) is 0 Å². The monoisotopic (exact) mass is 831 g/mol. The number of aryl methyl sites for hydroxylation is 3. The molecule has 0 saturated carbocycles. The maximum absolute atomic E-state index is 12.3. The first kappa shape index (κ1) is 38.2. The summed E-state index contributed by atoms with van der Waals surface area (Å²) in [4.78, 5) is 26.0. The second kappa shape index (κ2) is 16.2. The van der Waals surface area contributed by atoms with Crippen LogP contribution < -0.4 is 4.98 Å². The second-order valence-corrected chi connectivity index (χ2v) is 14.8. The van der Waals surface area contributed by atoms with Crippen LogP contribution in [0.5, 0.6) is 0 Å². The molecule has 0 atom stereocenters. The average molecular weight is 831 g/mol. The molecule has 4 aromatic heterocycles. The van der Waals surface area contributed by atoms with Crippen LogP contribution in [0, 0.1) is 56.3 Å². The maximum Gasteiger partial charge on any atom is 0.162 e. The van der Waals surface area contributed by atoms with Gasteiger partial charge in [-0.25, -0.2) is 4.98 Å². The molecule has 1 N–H and O–H groups in total. The Kier molecular flexibility index (Phi) is 13.2. The third-order valence-corrected chi connectivity index (χ3v) is 9.63. The third-order valence-electron chi connectivity index (χ3n) is 8.54. The number of benzene rings is 1. The van der Waals surface area contributed by atoms with Gasteiger partial charge in [0.2, 0.25) is 0 Å². The Morgan fingerprint density at radius 2 is 1.47 bits per heavy atom. The molecule has 9 heteroatoms. The first-order valence-corrected chi connectivity index (χ1v) is 17.0. The summed E-state index contributed by atoms with van der Waals surface area (Å²) in [5.41, 5.74) is 8.22. The summed E-state index contributed by atoms with van der Waals surface area (Å²) in [5, 5.41) is 20.9. The summed E-state index contributed by atoms with van der Waals surface area (Å²) in [6.07, 6.45) is 6.74. The van der Waals surface area contributed by atoms with E-state index in [0.717, 1.165) is 37.5 Å². The van der Waals surface area contributed by atoms with Crippen LogP contribution in [0.2, 0.25) is 0 Å². The van der Waals surface area contributed by atoms with Gasteiger partial charge >= 0.3 is 0 Å². The summed E-state index contributed by atoms with van der Waals surface area (Å²) in [6, 6.07) is 8.38. The summed E-state index contributed by atoms with van der Waals surface area (Å²) in [5.74, 6) is 1.63. The summed E-state index contributed by atoms with van der Waals surface area (Å²) in [6.45, 7) is 23.0. The van der Waals surface area contributed by atoms with E-state index in [1.807, 2.05) is 12.1 Å². The molecule has 0 unspecified atom stereocenters. The molecule has 7 nitrogen and oxygen atoms in total. The molecule has 0 aliphatic rings. The van der Waals surface area contributed by atoms with Gasteiger partial charge in [0, 0.05) is 56.0 Å². The van der Waals surface area contributed by atoms with Crippen LogP contribution in [0.15, 0.2) is 54.7 Å². The van der Waals surface area contributed by atoms with Crippen molar-refractivity contribution in [3.63, 3.8) is 0 Å². The number of thiazole rings is 1. The molecule has 47 heavy (non-hydrogen) atoms.